The highest BCUT2D eigenvalue weighted by Crippen LogP contribution is 2.41. The van der Waals surface area contributed by atoms with Crippen LogP contribution in [0.2, 0.25) is 5.02 Å². The molecule has 2 N–H and O–H groups in total. The van der Waals surface area contributed by atoms with Gasteiger partial charge in [-0.1, -0.05) is 43.5 Å². The van der Waals surface area contributed by atoms with E-state index in [1.165, 1.54) is 6.08 Å². The minimum atomic E-state index is -0.508. The van der Waals surface area contributed by atoms with E-state index in [9.17, 15) is 4.79 Å². The van der Waals surface area contributed by atoms with Crippen molar-refractivity contribution in [2.75, 3.05) is 18.5 Å². The molecular weight excluding hydrogens is 446 g/mol. The lowest BCUT2D eigenvalue weighted by atomic mass is 10.2. The highest BCUT2D eigenvalue weighted by molar-refractivity contribution is 6.32. The van der Waals surface area contributed by atoms with E-state index in [0.717, 1.165) is 24.8 Å². The summed E-state index contributed by atoms with van der Waals surface area (Å²) in [6.07, 6.45) is 5.83. The minimum Gasteiger partial charge on any atom is -0.492 e. The van der Waals surface area contributed by atoms with Crippen LogP contribution in [-0.2, 0) is 4.79 Å². The van der Waals surface area contributed by atoms with Gasteiger partial charge >= 0.3 is 0 Å². The SMILES string of the molecule is CCCCCOc1ccc(/C=C/C(=O)Nc2cccc3c2OC(c2nnn[nH]2)CO3)cc1Cl. The number of anilines is 1. The molecule has 0 saturated heterocycles. The van der Waals surface area contributed by atoms with E-state index >= 15 is 0 Å². The average molecular weight is 470 g/mol. The Morgan fingerprint density at radius 2 is 2.24 bits per heavy atom. The fraction of sp³-hybridized carbons (Fsp3) is 0.304. The number of tetrazole rings is 1. The topological polar surface area (TPSA) is 111 Å². The predicted molar refractivity (Wildman–Crippen MR) is 124 cm³/mol. The van der Waals surface area contributed by atoms with E-state index in [-0.39, 0.29) is 12.5 Å². The monoisotopic (exact) mass is 469 g/mol. The number of hydrogen-bond donors (Lipinski definition) is 2. The second kappa shape index (κ2) is 10.8. The van der Waals surface area contributed by atoms with Gasteiger partial charge in [0.1, 0.15) is 12.4 Å². The lowest BCUT2D eigenvalue weighted by Gasteiger charge is -2.26. The fourth-order valence-electron chi connectivity index (χ4n) is 3.25. The van der Waals surface area contributed by atoms with E-state index < -0.39 is 6.10 Å². The number of aromatic nitrogens is 4. The maximum absolute atomic E-state index is 12.5. The van der Waals surface area contributed by atoms with E-state index in [1.54, 1.807) is 30.3 Å². The van der Waals surface area contributed by atoms with E-state index in [1.807, 2.05) is 12.1 Å². The number of unbranched alkanes of at least 4 members (excludes halogenated alkanes) is 2. The van der Waals surface area contributed by atoms with Crippen molar-refractivity contribution in [1.82, 2.24) is 20.6 Å². The second-order valence-corrected chi connectivity index (χ2v) is 7.81. The molecule has 1 amide bonds. The van der Waals surface area contributed by atoms with Gasteiger partial charge in [-0.05, 0) is 52.8 Å². The smallest absolute Gasteiger partial charge is 0.248 e. The van der Waals surface area contributed by atoms with Crippen molar-refractivity contribution in [2.45, 2.75) is 32.3 Å². The van der Waals surface area contributed by atoms with Crippen LogP contribution in [0.3, 0.4) is 0 Å². The van der Waals surface area contributed by atoms with Crippen LogP contribution in [0.1, 0.15) is 43.7 Å². The summed E-state index contributed by atoms with van der Waals surface area (Å²) in [4.78, 5) is 12.5. The zero-order valence-corrected chi connectivity index (χ0v) is 18.8. The van der Waals surface area contributed by atoms with E-state index in [0.29, 0.717) is 40.4 Å². The van der Waals surface area contributed by atoms with Crippen LogP contribution in [0.15, 0.2) is 42.5 Å². The Bertz CT molecular complexity index is 1120. The zero-order chi connectivity index (χ0) is 23.0. The molecule has 0 bridgehead atoms. The Morgan fingerprint density at radius 1 is 1.33 bits per heavy atom. The molecule has 1 aliphatic rings. The first-order valence-electron chi connectivity index (χ1n) is 10.7. The van der Waals surface area contributed by atoms with Gasteiger partial charge in [-0.15, -0.1) is 5.10 Å². The van der Waals surface area contributed by atoms with Crippen molar-refractivity contribution >= 4 is 29.3 Å². The summed E-state index contributed by atoms with van der Waals surface area (Å²) in [6, 6.07) is 10.7. The molecule has 2 aromatic carbocycles. The first-order valence-corrected chi connectivity index (χ1v) is 11.1. The lowest BCUT2D eigenvalue weighted by Crippen LogP contribution is -2.24. The minimum absolute atomic E-state index is 0.250. The quantitative estimate of drug-likeness (QED) is 0.348. The highest BCUT2D eigenvalue weighted by atomic mass is 35.5. The molecule has 1 atom stereocenters. The largest absolute Gasteiger partial charge is 0.492 e. The molecule has 0 saturated carbocycles. The van der Waals surface area contributed by atoms with E-state index in [2.05, 4.69) is 32.9 Å². The summed E-state index contributed by atoms with van der Waals surface area (Å²) in [5.41, 5.74) is 1.26. The summed E-state index contributed by atoms with van der Waals surface area (Å²) in [5, 5.41) is 17.0. The first kappa shape index (κ1) is 22.6. The summed E-state index contributed by atoms with van der Waals surface area (Å²) < 4.78 is 17.4. The average Bonchev–Trinajstić information content (AvgIpc) is 3.37. The standard InChI is InChI=1S/C23H24ClN5O4/c1-2-3-4-12-31-18-10-8-15(13-16(18)24)9-11-21(30)25-17-6-5-7-19-22(17)33-20(14-32-19)23-26-28-29-27-23/h5-11,13,20H,2-4,12,14H2,1H3,(H,25,30)(H,26,27,28,29)/b11-9+. The van der Waals surface area contributed by atoms with Gasteiger partial charge in [-0.2, -0.15) is 0 Å². The summed E-state index contributed by atoms with van der Waals surface area (Å²) in [7, 11) is 0. The van der Waals surface area contributed by atoms with Crippen LogP contribution in [0, 0.1) is 0 Å². The third kappa shape index (κ3) is 5.81. The maximum atomic E-state index is 12.5. The van der Waals surface area contributed by atoms with Crippen LogP contribution < -0.4 is 19.5 Å². The van der Waals surface area contributed by atoms with Crippen LogP contribution in [0.25, 0.3) is 6.08 Å². The van der Waals surface area contributed by atoms with Crippen molar-refractivity contribution in [3.8, 4) is 17.2 Å². The molecule has 10 heteroatoms. The molecule has 33 heavy (non-hydrogen) atoms. The van der Waals surface area contributed by atoms with Gasteiger partial charge in [-0.3, -0.25) is 4.79 Å². The number of nitrogens with one attached hydrogen (secondary N) is 2. The molecule has 172 valence electrons. The number of hydrogen-bond acceptors (Lipinski definition) is 7. The van der Waals surface area contributed by atoms with Crippen LogP contribution in [-0.4, -0.2) is 39.7 Å². The normalized spacial score (nSPS) is 14.9. The van der Waals surface area contributed by atoms with Gasteiger partial charge in [0.2, 0.25) is 5.91 Å². The predicted octanol–water partition coefficient (Wildman–Crippen LogP) is 4.59. The Labute approximate surface area is 196 Å². The maximum Gasteiger partial charge on any atom is 0.248 e. The number of nitrogens with zero attached hydrogens (tertiary/aromatic N) is 3. The van der Waals surface area contributed by atoms with Crippen LogP contribution in [0.5, 0.6) is 17.2 Å². The molecule has 0 radical (unpaired) electrons. The summed E-state index contributed by atoms with van der Waals surface area (Å²) in [6.45, 7) is 3.02. The number of ether oxygens (including phenoxy) is 3. The van der Waals surface area contributed by atoms with Crippen molar-refractivity contribution in [3.63, 3.8) is 0 Å². The Hall–Kier alpha value is -3.59. The van der Waals surface area contributed by atoms with Crippen LogP contribution >= 0.6 is 11.6 Å². The van der Waals surface area contributed by atoms with Gasteiger partial charge in [-0.25, -0.2) is 5.10 Å². The van der Waals surface area contributed by atoms with Crippen molar-refractivity contribution in [2.24, 2.45) is 0 Å². The van der Waals surface area contributed by atoms with E-state index in [4.69, 9.17) is 25.8 Å². The summed E-state index contributed by atoms with van der Waals surface area (Å²) >= 11 is 6.32. The number of halogens is 1. The van der Waals surface area contributed by atoms with Crippen molar-refractivity contribution in [3.05, 3.63) is 58.9 Å². The highest BCUT2D eigenvalue weighted by Gasteiger charge is 2.27. The molecule has 4 rings (SSSR count). The Morgan fingerprint density at radius 3 is 3.03 bits per heavy atom. The molecule has 1 unspecified atom stereocenters. The molecule has 0 spiro atoms. The number of carbonyl (C=O) groups is 1. The van der Waals surface area contributed by atoms with Crippen LogP contribution in [0.4, 0.5) is 5.69 Å². The number of aromatic amines is 1. The number of para-hydroxylation sites is 1. The lowest BCUT2D eigenvalue weighted by molar-refractivity contribution is -0.111. The number of amides is 1. The fourth-order valence-corrected chi connectivity index (χ4v) is 3.49. The summed E-state index contributed by atoms with van der Waals surface area (Å²) in [5.74, 6) is 1.70. The molecule has 0 fully saturated rings. The first-order chi connectivity index (χ1) is 16.1. The molecule has 3 aromatic rings. The molecule has 1 aromatic heterocycles. The van der Waals surface area contributed by atoms with Gasteiger partial charge < -0.3 is 19.5 Å². The molecule has 1 aliphatic heterocycles. The van der Waals surface area contributed by atoms with Gasteiger partial charge in [0.05, 0.1) is 17.3 Å². The number of rotatable bonds is 9. The number of benzene rings is 2. The molecule has 0 aliphatic carbocycles. The molecule has 9 nitrogen and oxygen atoms in total. The van der Waals surface area contributed by atoms with Crippen molar-refractivity contribution < 1.29 is 19.0 Å². The molecule has 2 heterocycles. The third-order valence-corrected chi connectivity index (χ3v) is 5.24. The Balaban J connectivity index is 1.39. The number of H-pyrrole nitrogens is 1. The zero-order valence-electron chi connectivity index (χ0n) is 18.1. The third-order valence-electron chi connectivity index (χ3n) is 4.94. The van der Waals surface area contributed by atoms with Gasteiger partial charge in [0.15, 0.2) is 23.4 Å². The van der Waals surface area contributed by atoms with Gasteiger partial charge in [0.25, 0.3) is 0 Å². The van der Waals surface area contributed by atoms with Gasteiger partial charge in [0, 0.05) is 6.08 Å². The number of fused-ring (bicyclic) bond motifs is 1. The second-order valence-electron chi connectivity index (χ2n) is 7.40. The van der Waals surface area contributed by atoms with Crippen molar-refractivity contribution in [1.29, 1.82) is 0 Å². The Kier molecular flexibility index (Phi) is 7.41. The number of carbonyl (C=O) groups excluding carboxylic acids is 1. The molecular formula is C23H24ClN5O4.